The van der Waals surface area contributed by atoms with Gasteiger partial charge in [0, 0.05) is 35.9 Å². The van der Waals surface area contributed by atoms with Gasteiger partial charge in [0.15, 0.2) is 0 Å². The monoisotopic (exact) mass is 619 g/mol. The molecule has 11 heteroatoms. The van der Waals surface area contributed by atoms with Gasteiger partial charge in [-0.1, -0.05) is 27.0 Å². The molecule has 4 aromatic rings. The lowest BCUT2D eigenvalue weighted by atomic mass is 9.89. The average molecular weight is 620 g/mol. The molecule has 1 aliphatic rings. The molecule has 5 rings (SSSR count). The third kappa shape index (κ3) is 9.15. The Morgan fingerprint density at radius 3 is 2.00 bits per heavy atom. The first-order valence-electron chi connectivity index (χ1n) is 13.6. The van der Waals surface area contributed by atoms with Crippen LogP contribution in [0.1, 0.15) is 50.3 Å². The molecule has 0 unspecified atom stereocenters. The number of nitrogens with one attached hydrogen (secondary N) is 3. The van der Waals surface area contributed by atoms with Crippen LogP contribution < -0.4 is 9.44 Å². The van der Waals surface area contributed by atoms with Gasteiger partial charge in [0.25, 0.3) is 0 Å². The van der Waals surface area contributed by atoms with Crippen molar-refractivity contribution in [1.29, 1.82) is 0 Å². The van der Waals surface area contributed by atoms with Crippen molar-refractivity contribution in [3.63, 3.8) is 0 Å². The van der Waals surface area contributed by atoms with Crippen LogP contribution in [0, 0.1) is 0 Å². The number of aromatic nitrogens is 2. The Balaban J connectivity index is 0.000000292. The molecule has 0 saturated carbocycles. The van der Waals surface area contributed by atoms with Crippen molar-refractivity contribution in [3.8, 4) is 0 Å². The number of likely N-dealkylation sites (tertiary alicyclic amines) is 1. The van der Waals surface area contributed by atoms with Crippen molar-refractivity contribution in [1.82, 2.24) is 23.9 Å². The van der Waals surface area contributed by atoms with Gasteiger partial charge in [-0.3, -0.25) is 0 Å². The zero-order valence-corrected chi connectivity index (χ0v) is 25.4. The molecule has 2 aromatic carbocycles. The number of H-pyrrole nitrogens is 1. The largest absolute Gasteiger partial charge is 0.361 e. The molecule has 2 aromatic heterocycles. The lowest BCUT2D eigenvalue weighted by Crippen LogP contribution is -2.29. The normalized spacial score (nSPS) is 14.7. The summed E-state index contributed by atoms with van der Waals surface area (Å²) < 4.78 is 52.6. The Labute approximate surface area is 252 Å². The van der Waals surface area contributed by atoms with E-state index in [4.69, 9.17) is 0 Å². The van der Waals surface area contributed by atoms with Crippen LogP contribution in [0.2, 0.25) is 0 Å². The quantitative estimate of drug-likeness (QED) is 0.253. The molecule has 3 N–H and O–H groups in total. The smallest absolute Gasteiger partial charge is 0.211 e. The number of fused-ring (bicyclic) bond motifs is 2. The van der Waals surface area contributed by atoms with E-state index in [1.54, 1.807) is 0 Å². The zero-order chi connectivity index (χ0) is 28.9. The summed E-state index contributed by atoms with van der Waals surface area (Å²) in [5, 5.41) is 2.39. The van der Waals surface area contributed by atoms with Gasteiger partial charge >= 0.3 is 0 Å². The molecule has 0 amide bonds. The van der Waals surface area contributed by atoms with Gasteiger partial charge in [-0.05, 0) is 118 Å². The molecule has 0 aliphatic carbocycles. The Kier molecular flexibility index (Phi) is 12.8. The van der Waals surface area contributed by atoms with Crippen LogP contribution in [0.25, 0.3) is 21.8 Å². The minimum Gasteiger partial charge on any atom is -0.361 e. The number of aryl methyl sites for hydroxylation is 3. The van der Waals surface area contributed by atoms with Crippen LogP contribution in [0.15, 0.2) is 54.9 Å². The minimum atomic E-state index is -3.16. The van der Waals surface area contributed by atoms with Gasteiger partial charge in [0.05, 0.1) is 11.5 Å². The first kappa shape index (κ1) is 35.5. The summed E-state index contributed by atoms with van der Waals surface area (Å²) in [5.74, 6) is 0.849. The summed E-state index contributed by atoms with van der Waals surface area (Å²) in [6.45, 7) is 2.27. The van der Waals surface area contributed by atoms with E-state index < -0.39 is 20.0 Å². The van der Waals surface area contributed by atoms with E-state index in [1.807, 2.05) is 48.1 Å². The summed E-state index contributed by atoms with van der Waals surface area (Å²) in [4.78, 5) is 5.74. The van der Waals surface area contributed by atoms with Crippen LogP contribution in [0.4, 0.5) is 0 Å². The number of rotatable bonds is 9. The molecule has 234 valence electrons. The van der Waals surface area contributed by atoms with Crippen LogP contribution in [-0.4, -0.2) is 77.0 Å². The van der Waals surface area contributed by atoms with Crippen molar-refractivity contribution in [2.75, 3.05) is 45.7 Å². The van der Waals surface area contributed by atoms with Crippen LogP contribution in [0.5, 0.6) is 0 Å². The molecular formula is C31H49N5O4S2. The van der Waals surface area contributed by atoms with Crippen molar-refractivity contribution >= 4 is 41.9 Å². The van der Waals surface area contributed by atoms with E-state index >= 15 is 0 Å². The molecule has 1 fully saturated rings. The number of sulfonamides is 2. The second-order valence-corrected chi connectivity index (χ2v) is 14.7. The Morgan fingerprint density at radius 2 is 1.40 bits per heavy atom. The number of nitrogens with zero attached hydrogens (tertiary/aromatic N) is 2. The SMILES string of the molecule is C.C.CNS(=O)(=O)CCc1ccc2[nH]cc(C3CCN(C)CC3)c2c1.CNS(=O)(=O)CCc1ccc2c(ccn2C)c1. The van der Waals surface area contributed by atoms with Crippen molar-refractivity contribution < 1.29 is 16.8 Å². The Morgan fingerprint density at radius 1 is 0.833 bits per heavy atom. The highest BCUT2D eigenvalue weighted by Gasteiger charge is 2.21. The van der Waals surface area contributed by atoms with Crippen LogP contribution >= 0.6 is 0 Å². The average Bonchev–Trinajstić information content (AvgIpc) is 3.54. The molecule has 3 heterocycles. The second-order valence-electron chi connectivity index (χ2n) is 10.6. The first-order chi connectivity index (χ1) is 19.0. The van der Waals surface area contributed by atoms with E-state index in [0.717, 1.165) is 40.6 Å². The summed E-state index contributed by atoms with van der Waals surface area (Å²) in [7, 11) is 0.789. The number of piperidine rings is 1. The van der Waals surface area contributed by atoms with E-state index in [2.05, 4.69) is 44.7 Å². The molecule has 1 saturated heterocycles. The van der Waals surface area contributed by atoms with Gasteiger partial charge in [-0.15, -0.1) is 0 Å². The lowest BCUT2D eigenvalue weighted by Gasteiger charge is -2.28. The summed E-state index contributed by atoms with van der Waals surface area (Å²) in [6.07, 6.45) is 7.57. The fourth-order valence-electron chi connectivity index (χ4n) is 5.20. The van der Waals surface area contributed by atoms with Gasteiger partial charge in [-0.2, -0.15) is 0 Å². The second kappa shape index (κ2) is 15.2. The zero-order valence-electron chi connectivity index (χ0n) is 23.8. The number of aromatic amines is 1. The van der Waals surface area contributed by atoms with Crippen molar-refractivity contribution in [2.24, 2.45) is 7.05 Å². The third-order valence-electron chi connectivity index (χ3n) is 7.83. The molecule has 42 heavy (non-hydrogen) atoms. The summed E-state index contributed by atoms with van der Waals surface area (Å²) in [6, 6.07) is 14.3. The molecule has 0 spiro atoms. The highest BCUT2D eigenvalue weighted by atomic mass is 32.2. The topological polar surface area (TPSA) is 116 Å². The lowest BCUT2D eigenvalue weighted by molar-refractivity contribution is 0.256. The molecule has 0 atom stereocenters. The maximum Gasteiger partial charge on any atom is 0.211 e. The maximum atomic E-state index is 11.6. The van der Waals surface area contributed by atoms with E-state index in [-0.39, 0.29) is 26.4 Å². The van der Waals surface area contributed by atoms with Crippen LogP contribution in [-0.2, 0) is 39.9 Å². The molecule has 1 aliphatic heterocycles. The number of hydrogen-bond acceptors (Lipinski definition) is 5. The van der Waals surface area contributed by atoms with E-state index in [1.165, 1.54) is 37.9 Å². The number of benzene rings is 2. The fraction of sp³-hybridized carbons (Fsp3) is 0.484. The highest BCUT2D eigenvalue weighted by Crippen LogP contribution is 2.33. The Bertz CT molecular complexity index is 1650. The van der Waals surface area contributed by atoms with Gasteiger partial charge in [-0.25, -0.2) is 26.3 Å². The summed E-state index contributed by atoms with van der Waals surface area (Å²) in [5.41, 5.74) is 5.79. The van der Waals surface area contributed by atoms with Gasteiger partial charge in [0.1, 0.15) is 0 Å². The standard InChI is InChI=1S/C17H25N3O2S.C12H16N2O2S.2CH4/c1-18-23(21,22)10-7-13-3-4-17-15(11-13)16(12-19-17)14-5-8-20(2)9-6-14;1-13-17(15,16)8-6-10-3-4-12-11(9-10)5-7-14(12)2;;/h3-4,11-12,14,18-19H,5-10H2,1-2H3;3-5,7,9,13H,6,8H2,1-2H3;2*1H4. The Hall–Kier alpha value is -2.70. The molecular weight excluding hydrogens is 571 g/mol. The number of hydrogen-bond donors (Lipinski definition) is 3. The van der Waals surface area contributed by atoms with Crippen molar-refractivity contribution in [2.45, 2.75) is 46.5 Å². The predicted octanol–water partition coefficient (Wildman–Crippen LogP) is 4.61. The molecule has 0 bridgehead atoms. The molecule has 0 radical (unpaired) electrons. The van der Waals surface area contributed by atoms with Crippen molar-refractivity contribution in [3.05, 3.63) is 71.5 Å². The highest BCUT2D eigenvalue weighted by molar-refractivity contribution is 7.89. The van der Waals surface area contributed by atoms with Crippen LogP contribution in [0.3, 0.4) is 0 Å². The first-order valence-corrected chi connectivity index (χ1v) is 17.0. The van der Waals surface area contributed by atoms with E-state index in [0.29, 0.717) is 18.8 Å². The molecule has 9 nitrogen and oxygen atoms in total. The maximum absolute atomic E-state index is 11.6. The predicted molar refractivity (Wildman–Crippen MR) is 177 cm³/mol. The van der Waals surface area contributed by atoms with Gasteiger partial charge < -0.3 is 14.5 Å². The summed E-state index contributed by atoms with van der Waals surface area (Å²) >= 11 is 0. The third-order valence-corrected chi connectivity index (χ3v) is 10.6. The van der Waals surface area contributed by atoms with E-state index in [9.17, 15) is 16.8 Å². The minimum absolute atomic E-state index is 0. The van der Waals surface area contributed by atoms with Gasteiger partial charge in [0.2, 0.25) is 20.0 Å². The fourth-order valence-corrected chi connectivity index (χ4v) is 6.61.